The van der Waals surface area contributed by atoms with Crippen LogP contribution in [0, 0.1) is 6.92 Å². The van der Waals surface area contributed by atoms with E-state index in [1.807, 2.05) is 23.1 Å². The van der Waals surface area contributed by atoms with Crippen molar-refractivity contribution in [3.63, 3.8) is 0 Å². The van der Waals surface area contributed by atoms with Gasteiger partial charge in [0.2, 0.25) is 0 Å². The van der Waals surface area contributed by atoms with Crippen LogP contribution in [0.25, 0.3) is 10.1 Å². The summed E-state index contributed by atoms with van der Waals surface area (Å²) in [5.41, 5.74) is 3.57. The smallest absolute Gasteiger partial charge is 0.268 e. The lowest BCUT2D eigenvalue weighted by molar-refractivity contribution is 0.0993. The van der Waals surface area contributed by atoms with Gasteiger partial charge in [0, 0.05) is 11.2 Å². The van der Waals surface area contributed by atoms with Crippen LogP contribution in [-0.2, 0) is 6.42 Å². The summed E-state index contributed by atoms with van der Waals surface area (Å²) in [6.45, 7) is 2.86. The highest BCUT2D eigenvalue weighted by atomic mass is 32.1. The molecule has 104 valence electrons. The summed E-state index contributed by atoms with van der Waals surface area (Å²) >= 11 is 1.58. The van der Waals surface area contributed by atoms with Gasteiger partial charge in [0.15, 0.2) is 0 Å². The number of hydrogen-bond acceptors (Lipinski definition) is 2. The third-order valence-electron chi connectivity index (χ3n) is 4.08. The predicted octanol–water partition coefficient (Wildman–Crippen LogP) is 4.41. The maximum atomic E-state index is 12.9. The summed E-state index contributed by atoms with van der Waals surface area (Å²) in [6, 6.07) is 16.4. The minimum Gasteiger partial charge on any atom is -0.307 e. The number of anilines is 1. The standard InChI is InChI=1S/C18H15NOS/c1-12-5-4-7-13-9-10-19(17(12)13)18(20)16-11-14-6-2-3-8-15(14)21-16/h2-8,11H,9-10H2,1H3. The summed E-state index contributed by atoms with van der Waals surface area (Å²) in [5, 5.41) is 1.15. The number of nitrogens with zero attached hydrogens (tertiary/aromatic N) is 1. The maximum Gasteiger partial charge on any atom is 0.268 e. The number of thiophene rings is 1. The zero-order valence-electron chi connectivity index (χ0n) is 11.8. The Kier molecular flexibility index (Phi) is 2.82. The monoisotopic (exact) mass is 293 g/mol. The van der Waals surface area contributed by atoms with E-state index in [1.165, 1.54) is 15.8 Å². The molecule has 0 radical (unpaired) electrons. The van der Waals surface area contributed by atoms with Gasteiger partial charge in [0.05, 0.1) is 10.6 Å². The largest absolute Gasteiger partial charge is 0.307 e. The Morgan fingerprint density at radius 3 is 2.86 bits per heavy atom. The quantitative estimate of drug-likeness (QED) is 0.650. The van der Waals surface area contributed by atoms with Gasteiger partial charge in [-0.1, -0.05) is 36.4 Å². The fraction of sp³-hybridized carbons (Fsp3) is 0.167. The van der Waals surface area contributed by atoms with Crippen molar-refractivity contribution in [2.45, 2.75) is 13.3 Å². The first-order chi connectivity index (χ1) is 10.2. The molecule has 1 aliphatic rings. The molecule has 2 heterocycles. The Hall–Kier alpha value is -2.13. The number of para-hydroxylation sites is 1. The average molecular weight is 293 g/mol. The van der Waals surface area contributed by atoms with Crippen LogP contribution >= 0.6 is 11.3 Å². The molecule has 0 spiro atoms. The van der Waals surface area contributed by atoms with Gasteiger partial charge in [-0.25, -0.2) is 0 Å². The van der Waals surface area contributed by atoms with Crippen LogP contribution in [-0.4, -0.2) is 12.5 Å². The summed E-state index contributed by atoms with van der Waals surface area (Å²) in [6.07, 6.45) is 0.952. The zero-order valence-corrected chi connectivity index (χ0v) is 12.6. The number of carbonyl (C=O) groups excluding carboxylic acids is 1. The zero-order chi connectivity index (χ0) is 14.4. The van der Waals surface area contributed by atoms with Crippen LogP contribution in [0.2, 0.25) is 0 Å². The van der Waals surface area contributed by atoms with E-state index >= 15 is 0 Å². The van der Waals surface area contributed by atoms with Crippen LogP contribution in [0.15, 0.2) is 48.5 Å². The van der Waals surface area contributed by atoms with Crippen molar-refractivity contribution in [2.75, 3.05) is 11.4 Å². The molecule has 2 nitrogen and oxygen atoms in total. The summed E-state index contributed by atoms with van der Waals surface area (Å²) in [7, 11) is 0. The van der Waals surface area contributed by atoms with E-state index in [9.17, 15) is 4.79 Å². The number of rotatable bonds is 1. The van der Waals surface area contributed by atoms with Crippen LogP contribution in [0.1, 0.15) is 20.8 Å². The van der Waals surface area contributed by atoms with Gasteiger partial charge in [0.1, 0.15) is 0 Å². The van der Waals surface area contributed by atoms with E-state index in [4.69, 9.17) is 0 Å². The molecule has 0 unspecified atom stereocenters. The molecule has 1 amide bonds. The van der Waals surface area contributed by atoms with E-state index in [2.05, 4.69) is 37.3 Å². The number of benzene rings is 2. The molecule has 0 aliphatic carbocycles. The Balaban J connectivity index is 1.77. The van der Waals surface area contributed by atoms with Crippen molar-refractivity contribution in [3.8, 4) is 0 Å². The van der Waals surface area contributed by atoms with Gasteiger partial charge >= 0.3 is 0 Å². The average Bonchev–Trinajstić information content (AvgIpc) is 3.11. The van der Waals surface area contributed by atoms with Gasteiger partial charge in [-0.3, -0.25) is 4.79 Å². The van der Waals surface area contributed by atoms with Crippen molar-refractivity contribution in [3.05, 3.63) is 64.5 Å². The lowest BCUT2D eigenvalue weighted by Crippen LogP contribution is -2.28. The normalized spacial score (nSPS) is 13.7. The number of amides is 1. The fourth-order valence-corrected chi connectivity index (χ4v) is 4.09. The molecule has 2 aromatic carbocycles. The molecule has 0 fully saturated rings. The van der Waals surface area contributed by atoms with Crippen molar-refractivity contribution < 1.29 is 4.79 Å². The molecule has 0 saturated heterocycles. The molecule has 0 N–H and O–H groups in total. The van der Waals surface area contributed by atoms with Crippen molar-refractivity contribution in [2.24, 2.45) is 0 Å². The Morgan fingerprint density at radius 1 is 1.14 bits per heavy atom. The molecule has 0 atom stereocenters. The van der Waals surface area contributed by atoms with Crippen LogP contribution in [0.4, 0.5) is 5.69 Å². The third-order valence-corrected chi connectivity index (χ3v) is 5.18. The van der Waals surface area contributed by atoms with E-state index in [-0.39, 0.29) is 5.91 Å². The van der Waals surface area contributed by atoms with E-state index in [0.717, 1.165) is 28.9 Å². The predicted molar refractivity (Wildman–Crippen MR) is 88.4 cm³/mol. The molecule has 1 aliphatic heterocycles. The Morgan fingerprint density at radius 2 is 2.00 bits per heavy atom. The molecule has 3 heteroatoms. The third kappa shape index (κ3) is 1.96. The fourth-order valence-electron chi connectivity index (χ4n) is 3.08. The molecule has 4 rings (SSSR count). The van der Waals surface area contributed by atoms with Gasteiger partial charge in [-0.2, -0.15) is 0 Å². The molecule has 0 bridgehead atoms. The molecular weight excluding hydrogens is 278 g/mol. The highest BCUT2D eigenvalue weighted by Crippen LogP contribution is 2.34. The summed E-state index contributed by atoms with van der Waals surface area (Å²) < 4.78 is 1.17. The minimum atomic E-state index is 0.129. The van der Waals surface area contributed by atoms with Gasteiger partial charge < -0.3 is 4.90 Å². The first-order valence-corrected chi connectivity index (χ1v) is 7.94. The van der Waals surface area contributed by atoms with Crippen LogP contribution < -0.4 is 4.90 Å². The molecule has 3 aromatic rings. The highest BCUT2D eigenvalue weighted by molar-refractivity contribution is 7.20. The van der Waals surface area contributed by atoms with Crippen LogP contribution in [0.3, 0.4) is 0 Å². The lowest BCUT2D eigenvalue weighted by atomic mass is 10.1. The molecular formula is C18H15NOS. The second kappa shape index (κ2) is 4.71. The number of aryl methyl sites for hydroxylation is 1. The van der Waals surface area contributed by atoms with Gasteiger partial charge in [-0.15, -0.1) is 11.3 Å². The molecule has 0 saturated carbocycles. The Bertz CT molecular complexity index is 816. The second-order valence-electron chi connectivity index (χ2n) is 5.44. The first-order valence-electron chi connectivity index (χ1n) is 7.13. The Labute approximate surface area is 127 Å². The van der Waals surface area contributed by atoms with Crippen LogP contribution in [0.5, 0.6) is 0 Å². The summed E-state index contributed by atoms with van der Waals surface area (Å²) in [5.74, 6) is 0.129. The second-order valence-corrected chi connectivity index (χ2v) is 6.52. The van der Waals surface area contributed by atoms with Crippen molar-refractivity contribution in [1.29, 1.82) is 0 Å². The first kappa shape index (κ1) is 12.6. The van der Waals surface area contributed by atoms with Gasteiger partial charge in [0.25, 0.3) is 5.91 Å². The lowest BCUT2D eigenvalue weighted by Gasteiger charge is -2.18. The SMILES string of the molecule is Cc1cccc2c1N(C(=O)c1cc3ccccc3s1)CC2. The topological polar surface area (TPSA) is 20.3 Å². The van der Waals surface area contributed by atoms with Crippen molar-refractivity contribution in [1.82, 2.24) is 0 Å². The maximum absolute atomic E-state index is 12.9. The van der Waals surface area contributed by atoms with E-state index < -0.39 is 0 Å². The number of fused-ring (bicyclic) bond motifs is 2. The van der Waals surface area contributed by atoms with E-state index in [0.29, 0.717) is 0 Å². The number of carbonyl (C=O) groups is 1. The minimum absolute atomic E-state index is 0.129. The van der Waals surface area contributed by atoms with Gasteiger partial charge in [-0.05, 0) is 42.0 Å². The molecule has 1 aromatic heterocycles. The summed E-state index contributed by atoms with van der Waals surface area (Å²) in [4.78, 5) is 15.6. The highest BCUT2D eigenvalue weighted by Gasteiger charge is 2.27. The van der Waals surface area contributed by atoms with E-state index in [1.54, 1.807) is 11.3 Å². The molecule has 21 heavy (non-hydrogen) atoms. The number of hydrogen-bond donors (Lipinski definition) is 0. The van der Waals surface area contributed by atoms with Crippen molar-refractivity contribution >= 4 is 33.0 Å².